The van der Waals surface area contributed by atoms with Gasteiger partial charge in [0.25, 0.3) is 0 Å². The van der Waals surface area contributed by atoms with Crippen molar-refractivity contribution in [1.29, 1.82) is 0 Å². The lowest BCUT2D eigenvalue weighted by molar-refractivity contribution is -0.137. The lowest BCUT2D eigenvalue weighted by Gasteiger charge is -2.32. The molecular weight excluding hydrogens is 450 g/mol. The third-order valence-corrected chi connectivity index (χ3v) is 5.70. The number of halogens is 4. The fourth-order valence-electron chi connectivity index (χ4n) is 4.09. The second kappa shape index (κ2) is 9.34. The Labute approximate surface area is 194 Å². The molecule has 0 aromatic heterocycles. The van der Waals surface area contributed by atoms with E-state index in [-0.39, 0.29) is 17.1 Å². The van der Waals surface area contributed by atoms with E-state index >= 15 is 0 Å². The van der Waals surface area contributed by atoms with Crippen molar-refractivity contribution in [2.75, 3.05) is 36.4 Å². The number of nitrogens with one attached hydrogen (secondary N) is 2. The van der Waals surface area contributed by atoms with Gasteiger partial charge in [-0.05, 0) is 35.4 Å². The van der Waals surface area contributed by atoms with Crippen LogP contribution in [0.1, 0.15) is 12.5 Å². The highest BCUT2D eigenvalue weighted by Gasteiger charge is 2.35. The maximum atomic E-state index is 14.5. The second-order valence-electron chi connectivity index (χ2n) is 8.04. The number of aromatic hydroxyl groups is 1. The molecule has 1 amide bonds. The summed E-state index contributed by atoms with van der Waals surface area (Å²) >= 11 is 0. The number of carbonyl (C=O) groups excluding carboxylic acids is 1. The van der Waals surface area contributed by atoms with Crippen LogP contribution in [0.5, 0.6) is 5.75 Å². The normalized spacial score (nSPS) is 14.2. The third-order valence-electron chi connectivity index (χ3n) is 5.70. The number of benzene rings is 3. The summed E-state index contributed by atoms with van der Waals surface area (Å²) in [4.78, 5) is 12.9. The molecule has 3 aromatic carbocycles. The SMILES string of the molecule is CC(=O)Nc1ccc(-c2cccc(-c3ccc(C(F)(F)F)c(N4CCNCC4)c3)c2O)cc1F. The lowest BCUT2D eigenvalue weighted by atomic mass is 9.95. The number of alkyl halides is 3. The molecule has 5 nitrogen and oxygen atoms in total. The molecule has 0 saturated carbocycles. The van der Waals surface area contributed by atoms with E-state index in [1.54, 1.807) is 29.2 Å². The number of hydrogen-bond donors (Lipinski definition) is 3. The van der Waals surface area contributed by atoms with Crippen LogP contribution < -0.4 is 15.5 Å². The first-order chi connectivity index (χ1) is 16.1. The first-order valence-corrected chi connectivity index (χ1v) is 10.7. The van der Waals surface area contributed by atoms with Crippen molar-refractivity contribution in [3.63, 3.8) is 0 Å². The van der Waals surface area contributed by atoms with Gasteiger partial charge >= 0.3 is 6.18 Å². The minimum absolute atomic E-state index is 0.00953. The van der Waals surface area contributed by atoms with Gasteiger partial charge in [0, 0.05) is 49.9 Å². The van der Waals surface area contributed by atoms with Crippen LogP contribution in [0.25, 0.3) is 22.3 Å². The zero-order valence-electron chi connectivity index (χ0n) is 18.3. The molecule has 0 unspecified atom stereocenters. The van der Waals surface area contributed by atoms with E-state index in [4.69, 9.17) is 0 Å². The quantitative estimate of drug-likeness (QED) is 0.453. The fraction of sp³-hybridized carbons (Fsp3) is 0.240. The first kappa shape index (κ1) is 23.6. The Morgan fingerprint density at radius 3 is 2.21 bits per heavy atom. The van der Waals surface area contributed by atoms with Gasteiger partial charge in [0.05, 0.1) is 11.3 Å². The maximum absolute atomic E-state index is 14.5. The summed E-state index contributed by atoms with van der Waals surface area (Å²) in [6, 6.07) is 12.8. The third kappa shape index (κ3) is 4.84. The standard InChI is InChI=1S/C25H23F4N3O2/c1-15(33)31-22-8-6-16(13-21(22)26)18-3-2-4-19(24(18)34)17-5-7-20(25(27,28)29)23(14-17)32-11-9-30-10-12-32/h2-8,13-14,30,34H,9-12H2,1H3,(H,31,33). The van der Waals surface area contributed by atoms with Crippen molar-refractivity contribution >= 4 is 17.3 Å². The number of para-hydroxylation sites is 1. The second-order valence-corrected chi connectivity index (χ2v) is 8.04. The molecule has 3 N–H and O–H groups in total. The van der Waals surface area contributed by atoms with Gasteiger partial charge in [-0.3, -0.25) is 4.79 Å². The van der Waals surface area contributed by atoms with E-state index in [1.807, 2.05) is 0 Å². The molecular formula is C25H23F4N3O2. The molecule has 1 saturated heterocycles. The number of hydrogen-bond acceptors (Lipinski definition) is 4. The van der Waals surface area contributed by atoms with Gasteiger partial charge in [0.15, 0.2) is 0 Å². The van der Waals surface area contributed by atoms with Crippen LogP contribution in [0.3, 0.4) is 0 Å². The van der Waals surface area contributed by atoms with E-state index < -0.39 is 23.5 Å². The van der Waals surface area contributed by atoms with Crippen molar-refractivity contribution in [1.82, 2.24) is 5.32 Å². The Hall–Kier alpha value is -3.59. The van der Waals surface area contributed by atoms with E-state index in [0.717, 1.165) is 6.07 Å². The topological polar surface area (TPSA) is 64.6 Å². The largest absolute Gasteiger partial charge is 0.507 e. The Morgan fingerprint density at radius 2 is 1.62 bits per heavy atom. The summed E-state index contributed by atoms with van der Waals surface area (Å²) in [5, 5.41) is 16.5. The summed E-state index contributed by atoms with van der Waals surface area (Å²) in [6.45, 7) is 3.27. The van der Waals surface area contributed by atoms with E-state index in [1.165, 1.54) is 31.2 Å². The molecule has 1 aliphatic rings. The van der Waals surface area contributed by atoms with Crippen molar-refractivity contribution in [3.8, 4) is 28.0 Å². The number of carbonyl (C=O) groups is 1. The molecule has 178 valence electrons. The monoisotopic (exact) mass is 473 g/mol. The summed E-state index contributed by atoms with van der Waals surface area (Å²) < 4.78 is 55.5. The highest BCUT2D eigenvalue weighted by atomic mass is 19.4. The number of phenolic OH excluding ortho intramolecular Hbond substituents is 1. The highest BCUT2D eigenvalue weighted by molar-refractivity contribution is 5.90. The predicted octanol–water partition coefficient (Wildman–Crippen LogP) is 5.25. The first-order valence-electron chi connectivity index (χ1n) is 10.7. The van der Waals surface area contributed by atoms with E-state index in [2.05, 4.69) is 10.6 Å². The summed E-state index contributed by atoms with van der Waals surface area (Å²) in [6.07, 6.45) is -4.52. The number of anilines is 2. The molecule has 34 heavy (non-hydrogen) atoms. The Kier molecular flexibility index (Phi) is 6.47. The van der Waals surface area contributed by atoms with Gasteiger partial charge in [-0.25, -0.2) is 4.39 Å². The molecule has 0 bridgehead atoms. The maximum Gasteiger partial charge on any atom is 0.418 e. The molecule has 1 heterocycles. The molecule has 0 aliphatic carbocycles. The van der Waals surface area contributed by atoms with Crippen molar-refractivity contribution in [3.05, 3.63) is 66.0 Å². The van der Waals surface area contributed by atoms with Gasteiger partial charge in [-0.1, -0.05) is 30.3 Å². The molecule has 0 spiro atoms. The summed E-state index contributed by atoms with van der Waals surface area (Å²) in [7, 11) is 0. The molecule has 9 heteroatoms. The Bertz CT molecular complexity index is 1220. The van der Waals surface area contributed by atoms with Crippen molar-refractivity contribution in [2.24, 2.45) is 0 Å². The van der Waals surface area contributed by atoms with E-state index in [0.29, 0.717) is 48.4 Å². The van der Waals surface area contributed by atoms with E-state index in [9.17, 15) is 27.5 Å². The summed E-state index contributed by atoms with van der Waals surface area (Å²) in [5.74, 6) is -1.27. The average molecular weight is 473 g/mol. The van der Waals surface area contributed by atoms with Gasteiger partial charge in [-0.15, -0.1) is 0 Å². The Balaban J connectivity index is 1.77. The number of nitrogens with zero attached hydrogens (tertiary/aromatic N) is 1. The fourth-order valence-corrected chi connectivity index (χ4v) is 4.09. The minimum atomic E-state index is -4.52. The lowest BCUT2D eigenvalue weighted by Crippen LogP contribution is -2.44. The minimum Gasteiger partial charge on any atom is -0.507 e. The highest BCUT2D eigenvalue weighted by Crippen LogP contribution is 2.43. The number of amides is 1. The van der Waals surface area contributed by atoms with Gasteiger partial charge in [0.2, 0.25) is 5.91 Å². The van der Waals surface area contributed by atoms with Crippen LogP contribution in [0.4, 0.5) is 28.9 Å². The van der Waals surface area contributed by atoms with Gasteiger partial charge in [-0.2, -0.15) is 13.2 Å². The smallest absolute Gasteiger partial charge is 0.418 e. The molecule has 4 rings (SSSR count). The molecule has 0 atom stereocenters. The van der Waals surface area contributed by atoms with Crippen LogP contribution in [0.15, 0.2) is 54.6 Å². The van der Waals surface area contributed by atoms with Crippen LogP contribution >= 0.6 is 0 Å². The predicted molar refractivity (Wildman–Crippen MR) is 123 cm³/mol. The number of phenols is 1. The Morgan fingerprint density at radius 1 is 1.00 bits per heavy atom. The average Bonchev–Trinajstić information content (AvgIpc) is 2.80. The number of rotatable bonds is 4. The molecule has 1 aliphatic heterocycles. The van der Waals surface area contributed by atoms with Crippen molar-refractivity contribution < 1.29 is 27.5 Å². The number of piperazine rings is 1. The summed E-state index contributed by atoms with van der Waals surface area (Å²) in [5.41, 5.74) is 0.751. The van der Waals surface area contributed by atoms with Gasteiger partial charge < -0.3 is 20.6 Å². The molecule has 1 fully saturated rings. The van der Waals surface area contributed by atoms with Crippen LogP contribution in [0, 0.1) is 5.82 Å². The molecule has 3 aromatic rings. The molecule has 0 radical (unpaired) electrons. The van der Waals surface area contributed by atoms with Gasteiger partial charge in [0.1, 0.15) is 11.6 Å². The zero-order valence-corrected chi connectivity index (χ0v) is 18.3. The van der Waals surface area contributed by atoms with Crippen LogP contribution in [0.2, 0.25) is 0 Å². The van der Waals surface area contributed by atoms with Crippen LogP contribution in [-0.4, -0.2) is 37.2 Å². The van der Waals surface area contributed by atoms with Crippen molar-refractivity contribution in [2.45, 2.75) is 13.1 Å². The van der Waals surface area contributed by atoms with Crippen LogP contribution in [-0.2, 0) is 11.0 Å². The zero-order chi connectivity index (χ0) is 24.5.